The third-order valence-corrected chi connectivity index (χ3v) is 7.50. The lowest BCUT2D eigenvalue weighted by atomic mass is 10.2. The van der Waals surface area contributed by atoms with Crippen LogP contribution in [0.5, 0.6) is 0 Å². The molecule has 1 N–H and O–H groups in total. The largest absolute Gasteiger partial charge is 0.472 e. The Morgan fingerprint density at radius 3 is 1.72 bits per heavy atom. The van der Waals surface area contributed by atoms with Crippen LogP contribution < -0.4 is 0 Å². The quantitative estimate of drug-likeness (QED) is 0.0275. The van der Waals surface area contributed by atoms with Crippen molar-refractivity contribution in [1.29, 1.82) is 0 Å². The molecule has 47 heavy (non-hydrogen) atoms. The van der Waals surface area contributed by atoms with E-state index in [-0.39, 0.29) is 26.1 Å². The summed E-state index contributed by atoms with van der Waals surface area (Å²) in [6, 6.07) is 0. The number of ether oxygens (including phenoxy) is 2. The zero-order valence-electron chi connectivity index (χ0n) is 29.7. The van der Waals surface area contributed by atoms with Gasteiger partial charge in [0.05, 0.1) is 27.7 Å². The maximum absolute atomic E-state index is 12.5. The lowest BCUT2D eigenvalue weighted by molar-refractivity contribution is -0.870. The number of unbranched alkanes of at least 4 members (excludes halogenated alkanes) is 3. The van der Waals surface area contributed by atoms with Gasteiger partial charge in [-0.2, -0.15) is 0 Å². The number of rotatable bonds is 29. The summed E-state index contributed by atoms with van der Waals surface area (Å²) >= 11 is 0. The van der Waals surface area contributed by atoms with Crippen molar-refractivity contribution in [2.45, 2.75) is 103 Å². The number of quaternary nitrogens is 1. The summed E-state index contributed by atoms with van der Waals surface area (Å²) in [5.41, 5.74) is 0. The summed E-state index contributed by atoms with van der Waals surface area (Å²) in [7, 11) is 1.41. The molecule has 0 bridgehead atoms. The van der Waals surface area contributed by atoms with Crippen LogP contribution in [-0.2, 0) is 32.7 Å². The second kappa shape index (κ2) is 29.6. The Morgan fingerprint density at radius 1 is 0.681 bits per heavy atom. The van der Waals surface area contributed by atoms with Gasteiger partial charge in [0.1, 0.15) is 19.8 Å². The zero-order chi connectivity index (χ0) is 35.1. The number of likely N-dealkylation sites (N-methyl/N-ethyl adjacent to an activating group) is 1. The van der Waals surface area contributed by atoms with Crippen LogP contribution in [0.1, 0.15) is 97.3 Å². The van der Waals surface area contributed by atoms with Gasteiger partial charge in [0.25, 0.3) is 0 Å². The van der Waals surface area contributed by atoms with E-state index in [4.69, 9.17) is 18.5 Å². The maximum atomic E-state index is 12.5. The summed E-state index contributed by atoms with van der Waals surface area (Å²) < 4.78 is 33.7. The molecule has 0 aromatic carbocycles. The van der Waals surface area contributed by atoms with Crippen molar-refractivity contribution in [3.63, 3.8) is 0 Å². The fourth-order valence-electron chi connectivity index (χ4n) is 3.80. The van der Waals surface area contributed by atoms with Gasteiger partial charge in [-0.05, 0) is 51.4 Å². The van der Waals surface area contributed by atoms with Crippen LogP contribution in [0.4, 0.5) is 0 Å². The Balaban J connectivity index is 4.50. The molecule has 0 aromatic heterocycles. The molecule has 0 heterocycles. The van der Waals surface area contributed by atoms with Crippen LogP contribution in [0.25, 0.3) is 0 Å². The number of phosphoric acid groups is 1. The van der Waals surface area contributed by atoms with Crippen molar-refractivity contribution >= 4 is 19.8 Å². The maximum Gasteiger partial charge on any atom is 0.472 e. The Morgan fingerprint density at radius 2 is 1.21 bits per heavy atom. The number of phosphoric ester groups is 1. The molecule has 2 unspecified atom stereocenters. The molecule has 0 aliphatic carbocycles. The molecule has 0 aliphatic heterocycles. The minimum Gasteiger partial charge on any atom is -0.462 e. The average Bonchev–Trinajstić information content (AvgIpc) is 3.01. The standard InChI is InChI=1S/C37H62NO8P/c1-6-8-10-12-13-14-15-16-17-18-19-20-21-22-23-24-25-26-28-30-37(40)46-35(33-43-36(39)29-27-11-9-7-2)34-45-47(41,42)44-32-31-38(3,4)5/h8,10,13-14,16-17,19-20,22-23,25-26,35H,6-7,9,11-12,15,18,21,24,27-34H2,1-5H3/p+1/b10-8-,14-13-,17-16-,20-19-,23-22-,26-25-. The van der Waals surface area contributed by atoms with E-state index >= 15 is 0 Å². The summed E-state index contributed by atoms with van der Waals surface area (Å²) in [6.45, 7) is 4.03. The summed E-state index contributed by atoms with van der Waals surface area (Å²) in [5.74, 6) is -0.928. The SMILES string of the molecule is CC/C=C\C/C=C\C/C=C\C/C=C\C/C=C\C/C=C\CCC(=O)OC(COC(=O)CCCCCC)COP(=O)(O)OCC[N+](C)(C)C. The number of hydrogen-bond acceptors (Lipinski definition) is 7. The number of carbonyl (C=O) groups excluding carboxylic acids is 2. The van der Waals surface area contributed by atoms with Crippen LogP contribution in [-0.4, -0.2) is 74.9 Å². The van der Waals surface area contributed by atoms with Gasteiger partial charge >= 0.3 is 19.8 Å². The van der Waals surface area contributed by atoms with E-state index in [1.54, 1.807) is 0 Å². The van der Waals surface area contributed by atoms with Gasteiger partial charge in [0.2, 0.25) is 0 Å². The molecule has 0 rings (SSSR count). The topological polar surface area (TPSA) is 108 Å². The van der Waals surface area contributed by atoms with Gasteiger partial charge in [-0.15, -0.1) is 0 Å². The van der Waals surface area contributed by atoms with E-state index in [1.807, 2.05) is 33.3 Å². The van der Waals surface area contributed by atoms with Gasteiger partial charge in [0, 0.05) is 12.8 Å². The lowest BCUT2D eigenvalue weighted by Gasteiger charge is -2.24. The normalized spacial score (nSPS) is 14.8. The highest BCUT2D eigenvalue weighted by atomic mass is 31.2. The molecule has 0 spiro atoms. The Bertz CT molecular complexity index is 1040. The number of carbonyl (C=O) groups is 2. The monoisotopic (exact) mass is 680 g/mol. The van der Waals surface area contributed by atoms with Crippen molar-refractivity contribution in [3.05, 3.63) is 72.9 Å². The van der Waals surface area contributed by atoms with Crippen molar-refractivity contribution in [2.75, 3.05) is 47.5 Å². The first kappa shape index (κ1) is 44.5. The second-order valence-corrected chi connectivity index (χ2v) is 13.6. The van der Waals surface area contributed by atoms with E-state index in [1.165, 1.54) is 0 Å². The summed E-state index contributed by atoms with van der Waals surface area (Å²) in [6.07, 6.45) is 34.6. The molecule has 9 nitrogen and oxygen atoms in total. The fraction of sp³-hybridized carbons (Fsp3) is 0.622. The van der Waals surface area contributed by atoms with Crippen LogP contribution in [0, 0.1) is 0 Å². The third-order valence-electron chi connectivity index (χ3n) is 6.51. The molecular formula is C37H63NO8P+. The van der Waals surface area contributed by atoms with E-state index in [0.717, 1.165) is 57.8 Å². The fourth-order valence-corrected chi connectivity index (χ4v) is 4.54. The van der Waals surface area contributed by atoms with Gasteiger partial charge in [0.15, 0.2) is 6.10 Å². The highest BCUT2D eigenvalue weighted by Gasteiger charge is 2.26. The predicted molar refractivity (Wildman–Crippen MR) is 192 cm³/mol. The number of nitrogens with zero attached hydrogens (tertiary/aromatic N) is 1. The Labute approximate surface area is 285 Å². The molecule has 0 amide bonds. The summed E-state index contributed by atoms with van der Waals surface area (Å²) in [5, 5.41) is 0. The molecule has 2 atom stereocenters. The highest BCUT2D eigenvalue weighted by molar-refractivity contribution is 7.47. The zero-order valence-corrected chi connectivity index (χ0v) is 30.6. The number of esters is 2. The van der Waals surface area contributed by atoms with Crippen molar-refractivity contribution in [3.8, 4) is 0 Å². The van der Waals surface area contributed by atoms with Crippen LogP contribution in [0.3, 0.4) is 0 Å². The average molecular weight is 681 g/mol. The van der Waals surface area contributed by atoms with E-state index in [9.17, 15) is 19.0 Å². The van der Waals surface area contributed by atoms with Gasteiger partial charge in [-0.3, -0.25) is 18.6 Å². The predicted octanol–water partition coefficient (Wildman–Crippen LogP) is 8.73. The molecule has 0 saturated heterocycles. The molecule has 0 aromatic rings. The number of allylic oxidation sites excluding steroid dienone is 12. The lowest BCUT2D eigenvalue weighted by Crippen LogP contribution is -2.37. The molecule has 0 saturated carbocycles. The first-order valence-corrected chi connectivity index (χ1v) is 18.7. The van der Waals surface area contributed by atoms with Crippen molar-refractivity contribution in [1.82, 2.24) is 0 Å². The van der Waals surface area contributed by atoms with Crippen LogP contribution >= 0.6 is 7.82 Å². The Hall–Kier alpha value is -2.55. The number of hydrogen-bond donors (Lipinski definition) is 1. The summed E-state index contributed by atoms with van der Waals surface area (Å²) in [4.78, 5) is 34.7. The van der Waals surface area contributed by atoms with Crippen molar-refractivity contribution in [2.24, 2.45) is 0 Å². The van der Waals surface area contributed by atoms with Gasteiger partial charge in [-0.25, -0.2) is 4.57 Å². The smallest absolute Gasteiger partial charge is 0.462 e. The molecular weight excluding hydrogens is 617 g/mol. The van der Waals surface area contributed by atoms with Crippen LogP contribution in [0.2, 0.25) is 0 Å². The minimum atomic E-state index is -4.38. The first-order chi connectivity index (χ1) is 22.5. The Kier molecular flexibility index (Phi) is 28.0. The van der Waals surface area contributed by atoms with E-state index in [2.05, 4.69) is 74.6 Å². The molecule has 268 valence electrons. The third kappa shape index (κ3) is 33.2. The van der Waals surface area contributed by atoms with Crippen LogP contribution in [0.15, 0.2) is 72.9 Å². The highest BCUT2D eigenvalue weighted by Crippen LogP contribution is 2.43. The van der Waals surface area contributed by atoms with Crippen molar-refractivity contribution < 1.29 is 42.1 Å². The molecule has 10 heteroatoms. The van der Waals surface area contributed by atoms with E-state index in [0.29, 0.717) is 23.9 Å². The van der Waals surface area contributed by atoms with Gasteiger partial charge < -0.3 is 18.9 Å². The second-order valence-electron chi connectivity index (χ2n) is 12.2. The molecule has 0 radical (unpaired) electrons. The molecule has 0 fully saturated rings. The minimum absolute atomic E-state index is 0.0143. The molecule has 0 aliphatic rings. The van der Waals surface area contributed by atoms with Gasteiger partial charge in [-0.1, -0.05) is 106 Å². The first-order valence-electron chi connectivity index (χ1n) is 17.2. The van der Waals surface area contributed by atoms with E-state index < -0.39 is 32.5 Å².